The quantitative estimate of drug-likeness (QED) is 0.868. The second-order valence-corrected chi connectivity index (χ2v) is 6.96. The molecule has 0 spiro atoms. The molecule has 1 N–H and O–H groups in total. The molecular formula is C12H16N2O5S. The van der Waals surface area contributed by atoms with Gasteiger partial charge >= 0.3 is 5.97 Å². The zero-order valence-corrected chi connectivity index (χ0v) is 11.7. The summed E-state index contributed by atoms with van der Waals surface area (Å²) in [5.74, 6) is -1.63. The van der Waals surface area contributed by atoms with Gasteiger partial charge in [0.15, 0.2) is 0 Å². The van der Waals surface area contributed by atoms with Gasteiger partial charge in [-0.15, -0.1) is 0 Å². The predicted octanol–water partition coefficient (Wildman–Crippen LogP) is 0.446. The number of hydrogen-bond donors (Lipinski definition) is 1. The van der Waals surface area contributed by atoms with E-state index in [2.05, 4.69) is 4.90 Å². The fraction of sp³-hybridized carbons (Fsp3) is 0.583. The van der Waals surface area contributed by atoms with E-state index in [0.29, 0.717) is 19.1 Å². The number of rotatable bonds is 4. The van der Waals surface area contributed by atoms with Crippen molar-refractivity contribution < 1.29 is 22.7 Å². The molecule has 110 valence electrons. The fourth-order valence-electron chi connectivity index (χ4n) is 2.45. The maximum Gasteiger partial charge on any atom is 0.371 e. The highest BCUT2D eigenvalue weighted by Gasteiger charge is 2.36. The smallest absolute Gasteiger partial charge is 0.371 e. The molecule has 1 aromatic heterocycles. The number of furan rings is 1. The lowest BCUT2D eigenvalue weighted by Gasteiger charge is -2.33. The summed E-state index contributed by atoms with van der Waals surface area (Å²) >= 11 is 0. The molecule has 1 aliphatic heterocycles. The first-order valence-corrected chi connectivity index (χ1v) is 8.00. The van der Waals surface area contributed by atoms with Crippen LogP contribution in [-0.4, -0.2) is 60.9 Å². The van der Waals surface area contributed by atoms with Crippen molar-refractivity contribution in [1.29, 1.82) is 0 Å². The molecule has 1 aliphatic carbocycles. The third kappa shape index (κ3) is 2.46. The molecule has 0 atom stereocenters. The Kier molecular flexibility index (Phi) is 3.31. The van der Waals surface area contributed by atoms with Crippen LogP contribution in [0.15, 0.2) is 21.6 Å². The van der Waals surface area contributed by atoms with E-state index in [1.54, 1.807) is 0 Å². The van der Waals surface area contributed by atoms with Crippen LogP contribution in [0.2, 0.25) is 0 Å². The van der Waals surface area contributed by atoms with E-state index in [4.69, 9.17) is 9.52 Å². The van der Waals surface area contributed by atoms with Crippen molar-refractivity contribution >= 4 is 16.0 Å². The Morgan fingerprint density at radius 1 is 1.20 bits per heavy atom. The van der Waals surface area contributed by atoms with Crippen molar-refractivity contribution in [2.24, 2.45) is 0 Å². The van der Waals surface area contributed by atoms with Crippen LogP contribution in [0, 0.1) is 0 Å². The van der Waals surface area contributed by atoms with Gasteiger partial charge in [-0.1, -0.05) is 0 Å². The van der Waals surface area contributed by atoms with Crippen LogP contribution in [0.3, 0.4) is 0 Å². The van der Waals surface area contributed by atoms with Crippen molar-refractivity contribution in [2.75, 3.05) is 26.2 Å². The Bertz CT molecular complexity index is 612. The Hall–Kier alpha value is -1.38. The molecule has 20 heavy (non-hydrogen) atoms. The first kappa shape index (κ1) is 13.6. The molecule has 0 amide bonds. The minimum absolute atomic E-state index is 0.297. The molecule has 1 saturated carbocycles. The summed E-state index contributed by atoms with van der Waals surface area (Å²) in [6.07, 6.45) is 2.40. The molecule has 2 heterocycles. The summed E-state index contributed by atoms with van der Waals surface area (Å²) in [6, 6.07) is 2.99. The van der Waals surface area contributed by atoms with Crippen molar-refractivity contribution in [3.8, 4) is 0 Å². The molecule has 3 rings (SSSR count). The number of aromatic carboxylic acids is 1. The number of carboxylic acid groups (broad SMARTS) is 1. The zero-order valence-electron chi connectivity index (χ0n) is 10.9. The second kappa shape index (κ2) is 4.87. The van der Waals surface area contributed by atoms with Gasteiger partial charge in [0.2, 0.25) is 10.9 Å². The molecule has 1 aromatic rings. The van der Waals surface area contributed by atoms with E-state index in [0.717, 1.165) is 19.2 Å². The molecule has 2 fully saturated rings. The number of hydrogen-bond acceptors (Lipinski definition) is 5. The molecule has 2 aliphatic rings. The predicted molar refractivity (Wildman–Crippen MR) is 69.0 cm³/mol. The molecule has 0 unspecified atom stereocenters. The average Bonchev–Trinajstić information content (AvgIpc) is 3.14. The number of sulfonamides is 1. The van der Waals surface area contributed by atoms with Crippen LogP contribution >= 0.6 is 0 Å². The van der Waals surface area contributed by atoms with Crippen LogP contribution in [0.4, 0.5) is 0 Å². The van der Waals surface area contributed by atoms with Crippen molar-refractivity contribution in [1.82, 2.24) is 9.21 Å². The van der Waals surface area contributed by atoms with E-state index < -0.39 is 16.0 Å². The van der Waals surface area contributed by atoms with Crippen LogP contribution < -0.4 is 0 Å². The van der Waals surface area contributed by atoms with Crippen molar-refractivity contribution in [3.63, 3.8) is 0 Å². The van der Waals surface area contributed by atoms with Gasteiger partial charge in [0.1, 0.15) is 0 Å². The third-order valence-corrected chi connectivity index (χ3v) is 5.50. The van der Waals surface area contributed by atoms with Crippen molar-refractivity contribution in [2.45, 2.75) is 24.0 Å². The summed E-state index contributed by atoms with van der Waals surface area (Å²) in [5, 5.41) is 8.47. The lowest BCUT2D eigenvalue weighted by atomic mass is 10.3. The summed E-state index contributed by atoms with van der Waals surface area (Å²) in [7, 11) is -3.73. The monoisotopic (exact) mass is 300 g/mol. The van der Waals surface area contributed by atoms with Crippen LogP contribution in [0.1, 0.15) is 23.4 Å². The number of nitrogens with zero attached hydrogens (tertiary/aromatic N) is 2. The first-order valence-electron chi connectivity index (χ1n) is 6.56. The van der Waals surface area contributed by atoms with Crippen LogP contribution in [0.25, 0.3) is 0 Å². The van der Waals surface area contributed by atoms with Gasteiger partial charge in [0, 0.05) is 32.2 Å². The van der Waals surface area contributed by atoms with Gasteiger partial charge in [-0.2, -0.15) is 4.31 Å². The Labute approximate surface area is 116 Å². The fourth-order valence-corrected chi connectivity index (χ4v) is 3.78. The summed E-state index contributed by atoms with van der Waals surface area (Å²) < 4.78 is 30.9. The number of carboxylic acids is 1. The zero-order chi connectivity index (χ0) is 14.3. The molecule has 1 saturated heterocycles. The third-order valence-electron chi connectivity index (χ3n) is 3.72. The number of piperazine rings is 1. The SMILES string of the molecule is O=C(O)c1ccc(S(=O)(=O)N2CCN(C3CC3)CC2)o1. The molecule has 0 aromatic carbocycles. The van der Waals surface area contributed by atoms with Gasteiger partial charge in [-0.3, -0.25) is 4.90 Å². The van der Waals surface area contributed by atoms with E-state index in [1.807, 2.05) is 0 Å². The van der Waals surface area contributed by atoms with Crippen LogP contribution in [-0.2, 0) is 10.0 Å². The Morgan fingerprint density at radius 3 is 2.35 bits per heavy atom. The topological polar surface area (TPSA) is 91.1 Å². The number of carbonyl (C=O) groups is 1. The first-order chi connectivity index (χ1) is 9.48. The van der Waals surface area contributed by atoms with E-state index in [1.165, 1.54) is 23.2 Å². The highest BCUT2D eigenvalue weighted by Crippen LogP contribution is 2.28. The molecular weight excluding hydrogens is 284 g/mol. The lowest BCUT2D eigenvalue weighted by molar-refractivity contribution is 0.0656. The molecule has 0 radical (unpaired) electrons. The Morgan fingerprint density at radius 2 is 1.85 bits per heavy atom. The maximum atomic E-state index is 12.3. The highest BCUT2D eigenvalue weighted by atomic mass is 32.2. The summed E-state index contributed by atoms with van der Waals surface area (Å²) in [4.78, 5) is 13.0. The van der Waals surface area contributed by atoms with E-state index >= 15 is 0 Å². The van der Waals surface area contributed by atoms with Gasteiger partial charge < -0.3 is 9.52 Å². The normalized spacial score (nSPS) is 22.0. The van der Waals surface area contributed by atoms with Gasteiger partial charge in [-0.25, -0.2) is 13.2 Å². The van der Waals surface area contributed by atoms with Gasteiger partial charge in [-0.05, 0) is 25.0 Å². The van der Waals surface area contributed by atoms with Crippen molar-refractivity contribution in [3.05, 3.63) is 17.9 Å². The average molecular weight is 300 g/mol. The molecule has 0 bridgehead atoms. The minimum atomic E-state index is -3.73. The molecule has 8 heteroatoms. The summed E-state index contributed by atoms with van der Waals surface area (Å²) in [5.41, 5.74) is 0. The maximum absolute atomic E-state index is 12.3. The minimum Gasteiger partial charge on any atom is -0.475 e. The standard InChI is InChI=1S/C12H16N2O5S/c15-12(16)10-3-4-11(19-10)20(17,18)14-7-5-13(6-8-14)9-1-2-9/h3-4,9H,1-2,5-8H2,(H,15,16). The van der Waals surface area contributed by atoms with E-state index in [-0.39, 0.29) is 10.9 Å². The lowest BCUT2D eigenvalue weighted by Crippen LogP contribution is -2.49. The summed E-state index contributed by atoms with van der Waals surface area (Å²) in [6.45, 7) is 2.27. The highest BCUT2D eigenvalue weighted by molar-refractivity contribution is 7.89. The van der Waals surface area contributed by atoms with Crippen LogP contribution in [0.5, 0.6) is 0 Å². The van der Waals surface area contributed by atoms with E-state index in [9.17, 15) is 13.2 Å². The molecule has 7 nitrogen and oxygen atoms in total. The van der Waals surface area contributed by atoms with Gasteiger partial charge in [0.25, 0.3) is 10.0 Å². The van der Waals surface area contributed by atoms with Gasteiger partial charge in [0.05, 0.1) is 0 Å². The largest absolute Gasteiger partial charge is 0.475 e. The second-order valence-electron chi connectivity index (χ2n) is 5.10. The Balaban J connectivity index is 1.72.